The van der Waals surface area contributed by atoms with Gasteiger partial charge >= 0.3 is 0 Å². The highest BCUT2D eigenvalue weighted by molar-refractivity contribution is 7.89. The summed E-state index contributed by atoms with van der Waals surface area (Å²) >= 11 is 0. The molecule has 8 heteroatoms. The highest BCUT2D eigenvalue weighted by Crippen LogP contribution is 2.37. The number of hydrogen-bond donors (Lipinski definition) is 0. The standard InChI is InChI=1S/C17H18N2O5S/c1-24-15-9-7-13(8-10-15)17-6-3-11-18(17)25(22,23)16-5-2-4-14(12-16)19(20)21/h2,4-5,7-10,12,17H,3,6,11H2,1H3/t17-/m0/s1. The summed E-state index contributed by atoms with van der Waals surface area (Å²) < 4.78 is 32.5. The first-order valence-electron chi connectivity index (χ1n) is 7.84. The Bertz CT molecular complexity index is 880. The molecule has 132 valence electrons. The van der Waals surface area contributed by atoms with Gasteiger partial charge in [-0.1, -0.05) is 18.2 Å². The van der Waals surface area contributed by atoms with Crippen molar-refractivity contribution < 1.29 is 18.1 Å². The van der Waals surface area contributed by atoms with Crippen LogP contribution in [0.1, 0.15) is 24.4 Å². The van der Waals surface area contributed by atoms with Crippen molar-refractivity contribution in [3.63, 3.8) is 0 Å². The molecular formula is C17H18N2O5S. The molecule has 25 heavy (non-hydrogen) atoms. The fraction of sp³-hybridized carbons (Fsp3) is 0.294. The summed E-state index contributed by atoms with van der Waals surface area (Å²) in [6.45, 7) is 0.391. The fourth-order valence-electron chi connectivity index (χ4n) is 3.08. The van der Waals surface area contributed by atoms with Crippen LogP contribution in [0, 0.1) is 10.1 Å². The molecule has 0 bridgehead atoms. The molecule has 1 heterocycles. The van der Waals surface area contributed by atoms with E-state index in [-0.39, 0.29) is 16.6 Å². The summed E-state index contributed by atoms with van der Waals surface area (Å²) in [5, 5.41) is 10.9. The van der Waals surface area contributed by atoms with E-state index in [1.165, 1.54) is 22.5 Å². The molecule has 3 rings (SSSR count). The molecule has 0 unspecified atom stereocenters. The van der Waals surface area contributed by atoms with Crippen molar-refractivity contribution >= 4 is 15.7 Å². The van der Waals surface area contributed by atoms with Crippen molar-refractivity contribution in [3.05, 3.63) is 64.2 Å². The van der Waals surface area contributed by atoms with E-state index >= 15 is 0 Å². The molecule has 0 N–H and O–H groups in total. The Morgan fingerprint density at radius 3 is 2.56 bits per heavy atom. The SMILES string of the molecule is COc1ccc([C@@H]2CCCN2S(=O)(=O)c2cccc([N+](=O)[O-])c2)cc1. The number of nitro groups is 1. The monoisotopic (exact) mass is 362 g/mol. The van der Waals surface area contributed by atoms with Crippen LogP contribution >= 0.6 is 0 Å². The number of methoxy groups -OCH3 is 1. The largest absolute Gasteiger partial charge is 0.497 e. The predicted molar refractivity (Wildman–Crippen MR) is 92.0 cm³/mol. The van der Waals surface area contributed by atoms with Gasteiger partial charge in [-0.05, 0) is 36.6 Å². The van der Waals surface area contributed by atoms with Crippen molar-refractivity contribution in [2.24, 2.45) is 0 Å². The molecule has 0 spiro atoms. The summed E-state index contributed by atoms with van der Waals surface area (Å²) in [5.41, 5.74) is 0.647. The number of nitro benzene ring substituents is 1. The summed E-state index contributed by atoms with van der Waals surface area (Å²) in [5.74, 6) is 0.704. The van der Waals surface area contributed by atoms with Gasteiger partial charge in [0.05, 0.1) is 23.0 Å². The molecule has 0 aliphatic carbocycles. The van der Waals surface area contributed by atoms with E-state index in [2.05, 4.69) is 0 Å². The average Bonchev–Trinajstić information content (AvgIpc) is 3.12. The Morgan fingerprint density at radius 2 is 1.92 bits per heavy atom. The lowest BCUT2D eigenvalue weighted by Gasteiger charge is -2.24. The first-order valence-corrected chi connectivity index (χ1v) is 9.28. The van der Waals surface area contributed by atoms with Crippen LogP contribution in [-0.4, -0.2) is 31.3 Å². The zero-order chi connectivity index (χ0) is 18.0. The minimum Gasteiger partial charge on any atom is -0.497 e. The Hall–Kier alpha value is -2.45. The third kappa shape index (κ3) is 3.35. The molecule has 1 saturated heterocycles. The number of benzene rings is 2. The highest BCUT2D eigenvalue weighted by Gasteiger charge is 2.36. The lowest BCUT2D eigenvalue weighted by atomic mass is 10.1. The van der Waals surface area contributed by atoms with Crippen LogP contribution in [0.25, 0.3) is 0 Å². The fourth-order valence-corrected chi connectivity index (χ4v) is 4.80. The van der Waals surface area contributed by atoms with Gasteiger partial charge in [0.1, 0.15) is 5.75 Å². The third-order valence-corrected chi connectivity index (χ3v) is 6.24. The summed E-state index contributed by atoms with van der Waals surface area (Å²) in [6, 6.07) is 12.2. The first kappa shape index (κ1) is 17.4. The van der Waals surface area contributed by atoms with Crippen molar-refractivity contribution in [3.8, 4) is 5.75 Å². The molecule has 7 nitrogen and oxygen atoms in total. The van der Waals surface area contributed by atoms with Crippen molar-refractivity contribution in [2.45, 2.75) is 23.8 Å². The number of non-ortho nitro benzene ring substituents is 1. The number of nitrogens with zero attached hydrogens (tertiary/aromatic N) is 2. The van der Waals surface area contributed by atoms with Crippen LogP contribution in [-0.2, 0) is 10.0 Å². The Morgan fingerprint density at radius 1 is 1.20 bits per heavy atom. The van der Waals surface area contributed by atoms with E-state index in [9.17, 15) is 18.5 Å². The molecule has 1 atom stereocenters. The Balaban J connectivity index is 1.95. The van der Waals surface area contributed by atoms with Gasteiger partial charge in [-0.25, -0.2) is 8.42 Å². The Kier molecular flexibility index (Phi) is 4.73. The highest BCUT2D eigenvalue weighted by atomic mass is 32.2. The van der Waals surface area contributed by atoms with Crippen molar-refractivity contribution in [1.82, 2.24) is 4.31 Å². The maximum absolute atomic E-state index is 13.0. The van der Waals surface area contributed by atoms with Crippen LogP contribution in [0.2, 0.25) is 0 Å². The normalized spacial score (nSPS) is 18.2. The number of rotatable bonds is 5. The molecule has 2 aromatic carbocycles. The van der Waals surface area contributed by atoms with Gasteiger partial charge < -0.3 is 4.74 Å². The van der Waals surface area contributed by atoms with E-state index in [1.54, 1.807) is 19.2 Å². The summed E-state index contributed by atoms with van der Waals surface area (Å²) in [7, 11) is -2.24. The quantitative estimate of drug-likeness (QED) is 0.602. The second-order valence-electron chi connectivity index (χ2n) is 5.80. The van der Waals surface area contributed by atoms with Gasteiger partial charge in [-0.15, -0.1) is 0 Å². The zero-order valence-electron chi connectivity index (χ0n) is 13.7. The lowest BCUT2D eigenvalue weighted by Crippen LogP contribution is -2.30. The van der Waals surface area contributed by atoms with Crippen LogP contribution in [0.5, 0.6) is 5.75 Å². The first-order chi connectivity index (χ1) is 11.9. The molecule has 0 amide bonds. The van der Waals surface area contributed by atoms with Gasteiger partial charge in [0.15, 0.2) is 0 Å². The third-order valence-electron chi connectivity index (χ3n) is 4.34. The van der Waals surface area contributed by atoms with Gasteiger partial charge in [-0.2, -0.15) is 4.31 Å². The summed E-state index contributed by atoms with van der Waals surface area (Å²) in [4.78, 5) is 10.3. The van der Waals surface area contributed by atoms with Gasteiger partial charge in [-0.3, -0.25) is 10.1 Å². The zero-order valence-corrected chi connectivity index (χ0v) is 14.5. The second-order valence-corrected chi connectivity index (χ2v) is 7.69. The smallest absolute Gasteiger partial charge is 0.270 e. The number of sulfonamides is 1. The van der Waals surface area contributed by atoms with E-state index in [1.807, 2.05) is 12.1 Å². The van der Waals surface area contributed by atoms with Crippen LogP contribution in [0.3, 0.4) is 0 Å². The molecule has 0 radical (unpaired) electrons. The van der Waals surface area contributed by atoms with E-state index < -0.39 is 14.9 Å². The Labute approximate surface area is 146 Å². The van der Waals surface area contributed by atoms with Crippen LogP contribution < -0.4 is 4.74 Å². The lowest BCUT2D eigenvalue weighted by molar-refractivity contribution is -0.385. The summed E-state index contributed by atoms with van der Waals surface area (Å²) in [6.07, 6.45) is 1.45. The number of ether oxygens (including phenoxy) is 1. The topological polar surface area (TPSA) is 89.8 Å². The number of hydrogen-bond acceptors (Lipinski definition) is 5. The van der Waals surface area contributed by atoms with Gasteiger partial charge in [0.25, 0.3) is 5.69 Å². The van der Waals surface area contributed by atoms with Crippen LogP contribution in [0.4, 0.5) is 5.69 Å². The molecule has 0 saturated carbocycles. The maximum atomic E-state index is 13.0. The molecular weight excluding hydrogens is 344 g/mol. The average molecular weight is 362 g/mol. The molecule has 1 aliphatic rings. The van der Waals surface area contributed by atoms with Gasteiger partial charge in [0, 0.05) is 18.7 Å². The minimum absolute atomic E-state index is 0.0536. The molecule has 1 fully saturated rings. The molecule has 2 aromatic rings. The maximum Gasteiger partial charge on any atom is 0.270 e. The second kappa shape index (κ2) is 6.81. The van der Waals surface area contributed by atoms with Crippen molar-refractivity contribution in [1.29, 1.82) is 0 Å². The van der Waals surface area contributed by atoms with Gasteiger partial charge in [0.2, 0.25) is 10.0 Å². The molecule has 1 aliphatic heterocycles. The minimum atomic E-state index is -3.81. The van der Waals surface area contributed by atoms with E-state index in [4.69, 9.17) is 4.74 Å². The van der Waals surface area contributed by atoms with Crippen molar-refractivity contribution in [2.75, 3.05) is 13.7 Å². The van der Waals surface area contributed by atoms with E-state index in [0.717, 1.165) is 18.1 Å². The molecule has 0 aromatic heterocycles. The van der Waals surface area contributed by atoms with Crippen LogP contribution in [0.15, 0.2) is 53.4 Å². The van der Waals surface area contributed by atoms with E-state index in [0.29, 0.717) is 18.7 Å². The predicted octanol–water partition coefficient (Wildman–Crippen LogP) is 3.13.